The first kappa shape index (κ1) is 58.2. The Morgan fingerprint density at radius 3 is 1.06 bits per heavy atom. The Morgan fingerprint density at radius 1 is 0.323 bits per heavy atom. The second kappa shape index (κ2) is 43.8. The van der Waals surface area contributed by atoms with Crippen LogP contribution in [0.1, 0.15) is 89.9 Å². The van der Waals surface area contributed by atoms with Crippen LogP contribution in [0.2, 0.25) is 0 Å². The molecule has 0 rings (SSSR count). The summed E-state index contributed by atoms with van der Waals surface area (Å²) in [4.78, 5) is 75.8. The third-order valence-electron chi connectivity index (χ3n) is 9.13. The van der Waals surface area contributed by atoms with Gasteiger partial charge in [0.05, 0.1) is 39.3 Å². The number of methoxy groups -OCH3 is 4. The molecular formula is C42H78N4O16. The number of hydrogen-bond donors (Lipinski definition) is 2. The number of carbonyl (C=O) groups excluding carboxylic acids is 6. The number of nitrogens with one attached hydrogen (secondary N) is 2. The summed E-state index contributed by atoms with van der Waals surface area (Å²) >= 11 is 0. The third-order valence-corrected chi connectivity index (χ3v) is 9.13. The summed E-state index contributed by atoms with van der Waals surface area (Å²) in [6, 6.07) is 0. The highest BCUT2D eigenvalue weighted by Crippen LogP contribution is 2.08. The second-order valence-corrected chi connectivity index (χ2v) is 14.2. The van der Waals surface area contributed by atoms with Crippen LogP contribution < -0.4 is 10.6 Å². The molecule has 2 N–H and O–H groups in total. The minimum absolute atomic E-state index is 0.0101. The molecule has 0 heterocycles. The maximum Gasteiger partial charge on any atom is 0.407 e. The lowest BCUT2D eigenvalue weighted by atomic mass is 10.1. The van der Waals surface area contributed by atoms with Crippen LogP contribution in [0.4, 0.5) is 9.59 Å². The molecule has 2 amide bonds. The van der Waals surface area contributed by atoms with Gasteiger partial charge in [-0.25, -0.2) is 9.59 Å². The summed E-state index contributed by atoms with van der Waals surface area (Å²) in [5, 5.41) is 5.42. The van der Waals surface area contributed by atoms with Crippen LogP contribution >= 0.6 is 0 Å². The van der Waals surface area contributed by atoms with Gasteiger partial charge in [-0.15, -0.1) is 0 Å². The summed E-state index contributed by atoms with van der Waals surface area (Å²) < 4.78 is 51.0. The van der Waals surface area contributed by atoms with Crippen molar-refractivity contribution in [2.45, 2.75) is 89.9 Å². The lowest BCUT2D eigenvalue weighted by molar-refractivity contribution is -0.147. The fourth-order valence-electron chi connectivity index (χ4n) is 5.55. The average Bonchev–Trinajstić information content (AvgIpc) is 3.25. The van der Waals surface area contributed by atoms with Crippen LogP contribution in [-0.2, 0) is 66.5 Å². The number of rotatable bonds is 43. The largest absolute Gasteiger partial charge is 0.464 e. The molecule has 0 atom stereocenters. The van der Waals surface area contributed by atoms with E-state index in [9.17, 15) is 28.8 Å². The van der Waals surface area contributed by atoms with E-state index in [1.807, 2.05) is 9.80 Å². The lowest BCUT2D eigenvalue weighted by Gasteiger charge is -2.21. The Balaban J connectivity index is 3.75. The zero-order valence-corrected chi connectivity index (χ0v) is 38.1. The van der Waals surface area contributed by atoms with Gasteiger partial charge >= 0.3 is 36.1 Å². The number of hydrogen-bond acceptors (Lipinski definition) is 18. The molecule has 0 saturated carbocycles. The third kappa shape index (κ3) is 40.3. The molecule has 0 aliphatic carbocycles. The monoisotopic (exact) mass is 895 g/mol. The van der Waals surface area contributed by atoms with Crippen molar-refractivity contribution in [1.29, 1.82) is 0 Å². The van der Waals surface area contributed by atoms with Gasteiger partial charge in [0, 0.05) is 93.6 Å². The molecule has 362 valence electrons. The van der Waals surface area contributed by atoms with Gasteiger partial charge in [0.2, 0.25) is 0 Å². The predicted octanol–water partition coefficient (Wildman–Crippen LogP) is 3.26. The maximum atomic E-state index is 12.1. The molecule has 0 spiro atoms. The van der Waals surface area contributed by atoms with Crippen molar-refractivity contribution in [3.8, 4) is 0 Å². The Labute approximate surface area is 368 Å². The van der Waals surface area contributed by atoms with Gasteiger partial charge < -0.3 is 58.0 Å². The van der Waals surface area contributed by atoms with E-state index in [4.69, 9.17) is 47.4 Å². The Kier molecular flexibility index (Phi) is 41.1. The molecule has 0 radical (unpaired) electrons. The Bertz CT molecular complexity index is 1070. The zero-order chi connectivity index (χ0) is 45.7. The molecule has 0 fully saturated rings. The first-order valence-corrected chi connectivity index (χ1v) is 22.0. The topological polar surface area (TPSA) is 225 Å². The molecule has 0 saturated heterocycles. The van der Waals surface area contributed by atoms with Crippen molar-refractivity contribution in [2.75, 3.05) is 147 Å². The molecule has 0 unspecified atom stereocenters. The van der Waals surface area contributed by atoms with Crippen LogP contribution in [-0.4, -0.2) is 193 Å². The molecular weight excluding hydrogens is 816 g/mol. The summed E-state index contributed by atoms with van der Waals surface area (Å²) in [5.74, 6) is -1.22. The van der Waals surface area contributed by atoms with Crippen molar-refractivity contribution in [3.05, 3.63) is 0 Å². The number of nitrogens with zero attached hydrogens (tertiary/aromatic N) is 2. The van der Waals surface area contributed by atoms with Gasteiger partial charge in [0.25, 0.3) is 0 Å². The smallest absolute Gasteiger partial charge is 0.407 e. The van der Waals surface area contributed by atoms with Crippen molar-refractivity contribution >= 4 is 36.1 Å². The van der Waals surface area contributed by atoms with Gasteiger partial charge in [-0.3, -0.25) is 29.0 Å². The van der Waals surface area contributed by atoms with Crippen LogP contribution in [0.25, 0.3) is 0 Å². The number of amides is 2. The number of carbonyl (C=O) groups is 6. The number of esters is 4. The summed E-state index contributed by atoms with van der Waals surface area (Å²) in [6.45, 7) is 6.50. The molecule has 20 heteroatoms. The van der Waals surface area contributed by atoms with Crippen LogP contribution in [0.5, 0.6) is 0 Å². The number of unbranched alkanes of at least 4 members (excludes halogenated alkanes) is 8. The van der Waals surface area contributed by atoms with Crippen LogP contribution in [0.15, 0.2) is 0 Å². The van der Waals surface area contributed by atoms with Crippen molar-refractivity contribution < 1.29 is 76.1 Å². The van der Waals surface area contributed by atoms with Crippen molar-refractivity contribution in [1.82, 2.24) is 20.4 Å². The summed E-state index contributed by atoms with van der Waals surface area (Å²) in [7, 11) is 6.28. The second-order valence-electron chi connectivity index (χ2n) is 14.2. The highest BCUT2D eigenvalue weighted by Gasteiger charge is 2.13. The van der Waals surface area contributed by atoms with Crippen LogP contribution in [0.3, 0.4) is 0 Å². The minimum Gasteiger partial charge on any atom is -0.464 e. The summed E-state index contributed by atoms with van der Waals surface area (Å²) in [5.41, 5.74) is 0. The van der Waals surface area contributed by atoms with E-state index in [1.54, 1.807) is 21.3 Å². The Morgan fingerprint density at radius 2 is 0.629 bits per heavy atom. The zero-order valence-electron chi connectivity index (χ0n) is 38.1. The first-order chi connectivity index (χ1) is 30.1. The standard InChI is InChI=1S/C42H78N4O16/c1-53-27-23-45(21-17-39(49)58-33-31-55-3)25-29-57-37(47)15-11-7-5-10-14-20-44-42(52)62-36-35-60-38(48)16-12-8-6-9-13-19-43-41(51)61-30-26-46(24-28-54-2)22-18-40(50)59-34-32-56-4/h5-36H2,1-4H3,(H,43,51)(H,44,52). The molecule has 0 aromatic heterocycles. The van der Waals surface area contributed by atoms with E-state index in [0.29, 0.717) is 98.0 Å². The molecule has 0 bridgehead atoms. The lowest BCUT2D eigenvalue weighted by Crippen LogP contribution is -2.35. The van der Waals surface area contributed by atoms with E-state index in [1.165, 1.54) is 7.11 Å². The Hall–Kier alpha value is -3.82. The van der Waals surface area contributed by atoms with Gasteiger partial charge in [0.15, 0.2) is 0 Å². The van der Waals surface area contributed by atoms with Gasteiger partial charge in [0.1, 0.15) is 39.6 Å². The highest BCUT2D eigenvalue weighted by molar-refractivity contribution is 5.70. The van der Waals surface area contributed by atoms with Gasteiger partial charge in [-0.05, 0) is 25.7 Å². The van der Waals surface area contributed by atoms with Gasteiger partial charge in [-0.2, -0.15) is 0 Å². The average molecular weight is 895 g/mol. The van der Waals surface area contributed by atoms with Crippen molar-refractivity contribution in [3.63, 3.8) is 0 Å². The molecule has 62 heavy (non-hydrogen) atoms. The van der Waals surface area contributed by atoms with E-state index >= 15 is 0 Å². The first-order valence-electron chi connectivity index (χ1n) is 22.0. The van der Waals surface area contributed by atoms with E-state index in [-0.39, 0.29) is 82.8 Å². The van der Waals surface area contributed by atoms with Gasteiger partial charge in [-0.1, -0.05) is 38.5 Å². The molecule has 20 nitrogen and oxygen atoms in total. The highest BCUT2D eigenvalue weighted by atomic mass is 16.6. The van der Waals surface area contributed by atoms with Crippen molar-refractivity contribution in [2.24, 2.45) is 0 Å². The SMILES string of the molecule is COCCOC(=O)CCN(CCOC)CCOC(=O)CCCCCCCNC(=O)OCCOC(=O)CCCCCCCNC(=O)OCCN(CCOC)CCC(=O)OCCOC. The van der Waals surface area contributed by atoms with Crippen LogP contribution in [0, 0.1) is 0 Å². The predicted molar refractivity (Wildman–Crippen MR) is 228 cm³/mol. The number of ether oxygens (including phenoxy) is 10. The quantitative estimate of drug-likeness (QED) is 0.0509. The molecule has 0 aromatic rings. The minimum atomic E-state index is -0.566. The fraction of sp³-hybridized carbons (Fsp3) is 0.857. The molecule has 0 aliphatic rings. The van der Waals surface area contributed by atoms with E-state index in [2.05, 4.69) is 10.6 Å². The fourth-order valence-corrected chi connectivity index (χ4v) is 5.55. The normalized spacial score (nSPS) is 11.0. The maximum absolute atomic E-state index is 12.1. The molecule has 0 aromatic carbocycles. The summed E-state index contributed by atoms with van der Waals surface area (Å²) in [6.07, 6.45) is 8.22. The molecule has 0 aliphatic heterocycles. The number of alkyl carbamates (subject to hydrolysis) is 2. The van der Waals surface area contributed by atoms with E-state index < -0.39 is 12.2 Å². The van der Waals surface area contributed by atoms with E-state index in [0.717, 1.165) is 51.4 Å².